The molecular weight excluding hydrogens is 234 g/mol. The molecule has 0 aliphatic heterocycles. The van der Waals surface area contributed by atoms with Crippen molar-refractivity contribution in [1.29, 1.82) is 0 Å². The summed E-state index contributed by atoms with van der Waals surface area (Å²) >= 11 is 0. The molecule has 0 aromatic rings. The maximum Gasteiger partial charge on any atom is 0.0897 e. The summed E-state index contributed by atoms with van der Waals surface area (Å²) in [6.45, 7) is 8.62. The molecule has 0 bridgehead atoms. The quantitative estimate of drug-likeness (QED) is 0.478. The summed E-state index contributed by atoms with van der Waals surface area (Å²) in [7, 11) is 1.68. The topological polar surface area (TPSA) is 60.0 Å². The van der Waals surface area contributed by atoms with E-state index in [4.69, 9.17) is 14.2 Å². The van der Waals surface area contributed by atoms with Crippen LogP contribution >= 0.6 is 0 Å². The van der Waals surface area contributed by atoms with E-state index in [1.807, 2.05) is 0 Å². The van der Waals surface area contributed by atoms with Crippen molar-refractivity contribution in [3.8, 4) is 0 Å². The minimum Gasteiger partial charge on any atom is -0.389 e. The van der Waals surface area contributed by atoms with E-state index >= 15 is 0 Å². The molecule has 5 heteroatoms. The van der Waals surface area contributed by atoms with E-state index in [2.05, 4.69) is 19.2 Å². The Kier molecular flexibility index (Phi) is 13.1. The number of aliphatic hydroxyl groups excluding tert-OH is 1. The Morgan fingerprint density at radius 1 is 1.00 bits per heavy atom. The van der Waals surface area contributed by atoms with Gasteiger partial charge >= 0.3 is 0 Å². The number of ether oxygens (including phenoxy) is 3. The van der Waals surface area contributed by atoms with Gasteiger partial charge in [-0.15, -0.1) is 0 Å². The SMILES string of the molecule is COCCCOCCOCC(O)CNCC(C)C. The van der Waals surface area contributed by atoms with Crippen LogP contribution in [0.2, 0.25) is 0 Å². The molecule has 0 spiro atoms. The van der Waals surface area contributed by atoms with Gasteiger partial charge in [0.15, 0.2) is 0 Å². The molecule has 0 saturated carbocycles. The van der Waals surface area contributed by atoms with E-state index in [0.717, 1.165) is 19.6 Å². The fourth-order valence-electron chi connectivity index (χ4n) is 1.34. The number of methoxy groups -OCH3 is 1. The minimum absolute atomic E-state index is 0.354. The van der Waals surface area contributed by atoms with Gasteiger partial charge in [0.25, 0.3) is 0 Å². The van der Waals surface area contributed by atoms with Crippen LogP contribution in [0.4, 0.5) is 0 Å². The van der Waals surface area contributed by atoms with Crippen LogP contribution in [0, 0.1) is 5.92 Å². The van der Waals surface area contributed by atoms with Gasteiger partial charge in [-0.05, 0) is 18.9 Å². The molecule has 0 fully saturated rings. The maximum atomic E-state index is 9.59. The first-order valence-corrected chi connectivity index (χ1v) is 6.70. The summed E-state index contributed by atoms with van der Waals surface area (Å²) in [4.78, 5) is 0. The smallest absolute Gasteiger partial charge is 0.0897 e. The number of nitrogens with one attached hydrogen (secondary N) is 1. The van der Waals surface area contributed by atoms with Gasteiger partial charge in [0.1, 0.15) is 0 Å². The lowest BCUT2D eigenvalue weighted by Crippen LogP contribution is -2.32. The molecule has 0 heterocycles. The molecule has 0 aliphatic carbocycles. The highest BCUT2D eigenvalue weighted by Crippen LogP contribution is 1.90. The average molecular weight is 263 g/mol. The van der Waals surface area contributed by atoms with Gasteiger partial charge in [0, 0.05) is 26.9 Å². The fourth-order valence-corrected chi connectivity index (χ4v) is 1.34. The third-order valence-electron chi connectivity index (χ3n) is 2.25. The second-order valence-corrected chi connectivity index (χ2v) is 4.74. The second-order valence-electron chi connectivity index (χ2n) is 4.74. The molecule has 0 aromatic carbocycles. The highest BCUT2D eigenvalue weighted by Gasteiger charge is 2.03. The van der Waals surface area contributed by atoms with Crippen molar-refractivity contribution < 1.29 is 19.3 Å². The third kappa shape index (κ3) is 13.9. The predicted octanol–water partition coefficient (Wildman–Crippen LogP) is 0.663. The molecule has 1 atom stereocenters. The molecule has 0 amide bonds. The zero-order valence-corrected chi connectivity index (χ0v) is 12.0. The van der Waals surface area contributed by atoms with E-state index in [9.17, 15) is 5.11 Å². The summed E-state index contributed by atoms with van der Waals surface area (Å²) in [6, 6.07) is 0. The molecule has 0 saturated heterocycles. The average Bonchev–Trinajstić information content (AvgIpc) is 2.32. The molecule has 0 aromatic heterocycles. The van der Waals surface area contributed by atoms with Crippen LogP contribution < -0.4 is 5.32 Å². The normalized spacial score (nSPS) is 13.2. The third-order valence-corrected chi connectivity index (χ3v) is 2.25. The van der Waals surface area contributed by atoms with Crippen LogP contribution in [0.1, 0.15) is 20.3 Å². The van der Waals surface area contributed by atoms with Gasteiger partial charge in [-0.25, -0.2) is 0 Å². The zero-order valence-electron chi connectivity index (χ0n) is 12.0. The van der Waals surface area contributed by atoms with Crippen molar-refractivity contribution in [2.75, 3.05) is 53.2 Å². The Morgan fingerprint density at radius 2 is 1.72 bits per heavy atom. The summed E-state index contributed by atoms with van der Waals surface area (Å²) in [5, 5.41) is 12.8. The van der Waals surface area contributed by atoms with Gasteiger partial charge in [0.2, 0.25) is 0 Å². The van der Waals surface area contributed by atoms with E-state index in [-0.39, 0.29) is 0 Å². The first kappa shape index (κ1) is 17.8. The summed E-state index contributed by atoms with van der Waals surface area (Å²) < 4.78 is 15.5. The van der Waals surface area contributed by atoms with Crippen LogP contribution in [-0.2, 0) is 14.2 Å². The Balaban J connectivity index is 3.12. The number of hydrogen-bond donors (Lipinski definition) is 2. The largest absolute Gasteiger partial charge is 0.389 e. The van der Waals surface area contributed by atoms with Crippen molar-refractivity contribution in [2.24, 2.45) is 5.92 Å². The van der Waals surface area contributed by atoms with E-state index in [0.29, 0.717) is 38.9 Å². The molecule has 2 N–H and O–H groups in total. The van der Waals surface area contributed by atoms with Crippen LogP contribution in [0.5, 0.6) is 0 Å². The first-order valence-electron chi connectivity index (χ1n) is 6.70. The molecule has 0 radical (unpaired) electrons. The van der Waals surface area contributed by atoms with Crippen LogP contribution in [0.25, 0.3) is 0 Å². The highest BCUT2D eigenvalue weighted by atomic mass is 16.5. The zero-order chi connectivity index (χ0) is 13.6. The standard InChI is InChI=1S/C13H29NO4/c1-12(2)9-14-10-13(15)11-18-8-7-17-6-4-5-16-3/h12-15H,4-11H2,1-3H3. The minimum atomic E-state index is -0.447. The van der Waals surface area contributed by atoms with Crippen molar-refractivity contribution in [3.05, 3.63) is 0 Å². The molecule has 0 rings (SSSR count). The molecule has 18 heavy (non-hydrogen) atoms. The molecule has 110 valence electrons. The van der Waals surface area contributed by atoms with Crippen LogP contribution in [0.3, 0.4) is 0 Å². The first-order chi connectivity index (χ1) is 8.66. The maximum absolute atomic E-state index is 9.59. The number of aliphatic hydroxyl groups is 1. The van der Waals surface area contributed by atoms with E-state index < -0.39 is 6.10 Å². The van der Waals surface area contributed by atoms with Crippen molar-refractivity contribution >= 4 is 0 Å². The Hall–Kier alpha value is -0.200. The van der Waals surface area contributed by atoms with Crippen molar-refractivity contribution in [2.45, 2.75) is 26.4 Å². The van der Waals surface area contributed by atoms with Crippen molar-refractivity contribution in [1.82, 2.24) is 5.32 Å². The highest BCUT2D eigenvalue weighted by molar-refractivity contribution is 4.59. The Labute approximate surface area is 111 Å². The van der Waals surface area contributed by atoms with Gasteiger partial charge < -0.3 is 24.6 Å². The molecule has 0 aliphatic rings. The lowest BCUT2D eigenvalue weighted by atomic mass is 10.2. The summed E-state index contributed by atoms with van der Waals surface area (Å²) in [5.41, 5.74) is 0. The lowest BCUT2D eigenvalue weighted by molar-refractivity contribution is 0.00155. The lowest BCUT2D eigenvalue weighted by Gasteiger charge is -2.13. The molecular formula is C13H29NO4. The summed E-state index contributed by atoms with van der Waals surface area (Å²) in [6.07, 6.45) is 0.454. The number of rotatable bonds is 13. The van der Waals surface area contributed by atoms with Gasteiger partial charge in [-0.2, -0.15) is 0 Å². The van der Waals surface area contributed by atoms with Crippen LogP contribution in [0.15, 0.2) is 0 Å². The molecule has 1 unspecified atom stereocenters. The Morgan fingerprint density at radius 3 is 2.39 bits per heavy atom. The fraction of sp³-hybridized carbons (Fsp3) is 1.00. The molecule has 5 nitrogen and oxygen atoms in total. The summed E-state index contributed by atoms with van der Waals surface area (Å²) in [5.74, 6) is 0.596. The monoisotopic (exact) mass is 263 g/mol. The van der Waals surface area contributed by atoms with Gasteiger partial charge in [0.05, 0.1) is 25.9 Å². The predicted molar refractivity (Wildman–Crippen MR) is 71.8 cm³/mol. The van der Waals surface area contributed by atoms with Gasteiger partial charge in [-0.3, -0.25) is 0 Å². The Bertz CT molecular complexity index is 167. The van der Waals surface area contributed by atoms with Crippen molar-refractivity contribution in [3.63, 3.8) is 0 Å². The van der Waals surface area contributed by atoms with E-state index in [1.165, 1.54) is 0 Å². The second kappa shape index (κ2) is 13.2. The van der Waals surface area contributed by atoms with E-state index in [1.54, 1.807) is 7.11 Å². The van der Waals surface area contributed by atoms with Gasteiger partial charge in [-0.1, -0.05) is 13.8 Å². The van der Waals surface area contributed by atoms with Crippen LogP contribution in [-0.4, -0.2) is 64.4 Å². The number of hydrogen-bond acceptors (Lipinski definition) is 5.